The molecule has 1 aromatic carbocycles. The van der Waals surface area contributed by atoms with E-state index in [0.29, 0.717) is 4.47 Å². The van der Waals surface area contributed by atoms with Crippen LogP contribution in [0.15, 0.2) is 39.8 Å². The molecule has 20 heavy (non-hydrogen) atoms. The number of aromatic nitrogens is 1. The minimum absolute atomic E-state index is 0.0748. The van der Waals surface area contributed by atoms with Crippen LogP contribution in [-0.4, -0.2) is 13.4 Å². The van der Waals surface area contributed by atoms with E-state index in [4.69, 9.17) is 23.2 Å². The third kappa shape index (κ3) is 3.22. The fraction of sp³-hybridized carbons (Fsp3) is 0. The van der Waals surface area contributed by atoms with Crippen LogP contribution in [0.1, 0.15) is 0 Å². The third-order valence-electron chi connectivity index (χ3n) is 2.25. The topological polar surface area (TPSA) is 59.1 Å². The van der Waals surface area contributed by atoms with Crippen LogP contribution in [-0.2, 0) is 10.0 Å². The van der Waals surface area contributed by atoms with Gasteiger partial charge in [-0.1, -0.05) is 39.1 Å². The van der Waals surface area contributed by atoms with Crippen molar-refractivity contribution in [2.24, 2.45) is 0 Å². The van der Waals surface area contributed by atoms with Crippen molar-refractivity contribution in [3.05, 3.63) is 50.8 Å². The van der Waals surface area contributed by atoms with E-state index < -0.39 is 25.8 Å². The maximum atomic E-state index is 13.5. The van der Waals surface area contributed by atoms with Crippen LogP contribution >= 0.6 is 39.1 Å². The molecule has 2 aromatic rings. The lowest BCUT2D eigenvalue weighted by molar-refractivity contribution is 0.595. The smallest absolute Gasteiger partial charge is 0.263 e. The number of hydrogen-bond acceptors (Lipinski definition) is 3. The molecule has 0 amide bonds. The molecule has 0 spiro atoms. The second kappa shape index (κ2) is 5.85. The quantitative estimate of drug-likeness (QED) is 0.790. The Kier molecular flexibility index (Phi) is 4.53. The van der Waals surface area contributed by atoms with Crippen molar-refractivity contribution < 1.29 is 12.8 Å². The van der Waals surface area contributed by atoms with E-state index in [-0.39, 0.29) is 10.8 Å². The average Bonchev–Trinajstić information content (AvgIpc) is 2.35. The van der Waals surface area contributed by atoms with Gasteiger partial charge in [-0.05, 0) is 24.3 Å². The fourth-order valence-corrected chi connectivity index (χ4v) is 3.45. The standard InChI is InChI=1S/C11H6BrCl2FN2O2S/c12-6-3-4-16-9(5-6)17-20(18,19)8-2-1-7(13)11(15)10(8)14/h1-5H,(H,16,17). The van der Waals surface area contributed by atoms with Gasteiger partial charge in [-0.15, -0.1) is 0 Å². The van der Waals surface area contributed by atoms with Crippen molar-refractivity contribution in [2.45, 2.75) is 4.90 Å². The maximum absolute atomic E-state index is 13.5. The molecule has 0 radical (unpaired) electrons. The SMILES string of the molecule is O=S(=O)(Nc1cc(Br)ccn1)c1ccc(Cl)c(F)c1Cl. The lowest BCUT2D eigenvalue weighted by Crippen LogP contribution is -2.14. The number of anilines is 1. The molecule has 0 atom stereocenters. The zero-order valence-corrected chi connectivity index (χ0v) is 13.5. The molecular formula is C11H6BrCl2FN2O2S. The molecule has 0 fully saturated rings. The minimum Gasteiger partial charge on any atom is -0.263 e. The molecule has 0 aliphatic rings. The molecule has 4 nitrogen and oxygen atoms in total. The van der Waals surface area contributed by atoms with Gasteiger partial charge in [-0.2, -0.15) is 0 Å². The monoisotopic (exact) mass is 398 g/mol. The summed E-state index contributed by atoms with van der Waals surface area (Å²) in [4.78, 5) is 3.42. The highest BCUT2D eigenvalue weighted by atomic mass is 79.9. The van der Waals surface area contributed by atoms with E-state index in [2.05, 4.69) is 25.6 Å². The normalized spacial score (nSPS) is 11.4. The molecule has 0 bridgehead atoms. The molecule has 0 saturated carbocycles. The van der Waals surface area contributed by atoms with Crippen LogP contribution in [0.5, 0.6) is 0 Å². The van der Waals surface area contributed by atoms with Crippen LogP contribution in [0, 0.1) is 5.82 Å². The zero-order chi connectivity index (χ0) is 14.9. The summed E-state index contributed by atoms with van der Waals surface area (Å²) in [6.07, 6.45) is 1.41. The molecule has 0 saturated heterocycles. The van der Waals surface area contributed by atoms with Crippen LogP contribution in [0.25, 0.3) is 0 Å². The summed E-state index contributed by atoms with van der Waals surface area (Å²) in [5.41, 5.74) is 0. The highest BCUT2D eigenvalue weighted by Crippen LogP contribution is 2.30. The number of pyridine rings is 1. The molecule has 1 N–H and O–H groups in total. The van der Waals surface area contributed by atoms with Gasteiger partial charge < -0.3 is 0 Å². The van der Waals surface area contributed by atoms with Gasteiger partial charge in [0.05, 0.1) is 10.0 Å². The zero-order valence-electron chi connectivity index (χ0n) is 9.57. The molecular weight excluding hydrogens is 394 g/mol. The number of benzene rings is 1. The Labute approximate surface area is 133 Å². The summed E-state index contributed by atoms with van der Waals surface area (Å²) in [5.74, 6) is -0.913. The number of sulfonamides is 1. The molecule has 0 aliphatic carbocycles. The first-order valence-corrected chi connectivity index (χ1v) is 8.12. The van der Waals surface area contributed by atoms with E-state index >= 15 is 0 Å². The number of halogens is 4. The highest BCUT2D eigenvalue weighted by Gasteiger charge is 2.22. The maximum Gasteiger partial charge on any atom is 0.264 e. The summed E-state index contributed by atoms with van der Waals surface area (Å²) < 4.78 is 40.7. The molecule has 1 aromatic heterocycles. The first-order valence-electron chi connectivity index (χ1n) is 5.09. The number of nitrogens with zero attached hydrogens (tertiary/aromatic N) is 1. The second-order valence-corrected chi connectivity index (χ2v) is 6.99. The van der Waals surface area contributed by atoms with Crippen LogP contribution in [0.3, 0.4) is 0 Å². The molecule has 1 heterocycles. The van der Waals surface area contributed by atoms with Crippen molar-refractivity contribution in [1.82, 2.24) is 4.98 Å². The van der Waals surface area contributed by atoms with Crippen LogP contribution in [0.4, 0.5) is 10.2 Å². The van der Waals surface area contributed by atoms with Gasteiger partial charge in [0.2, 0.25) is 0 Å². The average molecular weight is 400 g/mol. The van der Waals surface area contributed by atoms with Gasteiger partial charge in [0, 0.05) is 10.7 Å². The summed E-state index contributed by atoms with van der Waals surface area (Å²) in [7, 11) is -4.06. The van der Waals surface area contributed by atoms with Gasteiger partial charge in [0.15, 0.2) is 5.82 Å². The van der Waals surface area contributed by atoms with E-state index in [0.717, 1.165) is 12.1 Å². The molecule has 0 unspecified atom stereocenters. The molecule has 106 valence electrons. The Morgan fingerprint density at radius 1 is 1.25 bits per heavy atom. The molecule has 9 heteroatoms. The van der Waals surface area contributed by atoms with Gasteiger partial charge in [-0.3, -0.25) is 4.72 Å². The van der Waals surface area contributed by atoms with E-state index in [1.165, 1.54) is 12.3 Å². The van der Waals surface area contributed by atoms with Crippen molar-refractivity contribution in [3.63, 3.8) is 0 Å². The summed E-state index contributed by atoms with van der Waals surface area (Å²) in [6.45, 7) is 0. The number of nitrogens with one attached hydrogen (secondary N) is 1. The van der Waals surface area contributed by atoms with Crippen LogP contribution in [0.2, 0.25) is 10.0 Å². The molecule has 0 aliphatic heterocycles. The van der Waals surface area contributed by atoms with E-state index in [1.54, 1.807) is 6.07 Å². The van der Waals surface area contributed by atoms with E-state index in [9.17, 15) is 12.8 Å². The first-order chi connectivity index (χ1) is 9.31. The predicted molar refractivity (Wildman–Crippen MR) is 79.2 cm³/mol. The molecule has 2 rings (SSSR count). The summed E-state index contributed by atoms with van der Waals surface area (Å²) >= 11 is 14.4. The Bertz CT molecular complexity index is 771. The Hall–Kier alpha value is -0.890. The Morgan fingerprint density at radius 2 is 1.95 bits per heavy atom. The largest absolute Gasteiger partial charge is 0.264 e. The first kappa shape index (κ1) is 15.5. The van der Waals surface area contributed by atoms with Crippen molar-refractivity contribution in [3.8, 4) is 0 Å². The second-order valence-electron chi connectivity index (χ2n) is 3.64. The Morgan fingerprint density at radius 3 is 2.60 bits per heavy atom. The number of hydrogen-bond donors (Lipinski definition) is 1. The summed E-state index contributed by atoms with van der Waals surface area (Å²) in [6, 6.07) is 5.32. The van der Waals surface area contributed by atoms with Gasteiger partial charge in [-0.25, -0.2) is 17.8 Å². The van der Waals surface area contributed by atoms with Crippen molar-refractivity contribution in [1.29, 1.82) is 0 Å². The van der Waals surface area contributed by atoms with Gasteiger partial charge in [0.1, 0.15) is 10.7 Å². The van der Waals surface area contributed by atoms with Gasteiger partial charge in [0.25, 0.3) is 10.0 Å². The van der Waals surface area contributed by atoms with Crippen molar-refractivity contribution in [2.75, 3.05) is 4.72 Å². The number of rotatable bonds is 3. The van der Waals surface area contributed by atoms with Gasteiger partial charge >= 0.3 is 0 Å². The third-order valence-corrected chi connectivity index (χ3v) is 4.91. The highest BCUT2D eigenvalue weighted by molar-refractivity contribution is 9.10. The van der Waals surface area contributed by atoms with E-state index in [1.807, 2.05) is 0 Å². The summed E-state index contributed by atoms with van der Waals surface area (Å²) in [5, 5.41) is -0.825. The fourth-order valence-electron chi connectivity index (χ4n) is 1.37. The van der Waals surface area contributed by atoms with Crippen molar-refractivity contribution >= 4 is 55.0 Å². The van der Waals surface area contributed by atoms with Crippen LogP contribution < -0.4 is 4.72 Å². The lowest BCUT2D eigenvalue weighted by Gasteiger charge is -2.10. The Balaban J connectivity index is 2.44. The lowest BCUT2D eigenvalue weighted by atomic mass is 10.3. The minimum atomic E-state index is -4.06. The predicted octanol–water partition coefficient (Wildman–Crippen LogP) is 4.09.